The minimum absolute atomic E-state index is 1.31. The number of rotatable bonds is 2. The smallest absolute Gasteiger partial charge is 0.00990 e. The van der Waals surface area contributed by atoms with Crippen molar-refractivity contribution in [2.45, 2.75) is 13.8 Å². The summed E-state index contributed by atoms with van der Waals surface area (Å²) in [7, 11) is 0. The van der Waals surface area contributed by atoms with E-state index < -0.39 is 0 Å². The Morgan fingerprint density at radius 3 is 1.25 bits per heavy atom. The van der Waals surface area contributed by atoms with Gasteiger partial charge in [0.2, 0.25) is 0 Å². The first-order chi connectivity index (χ1) is 9.86. The maximum Gasteiger partial charge on any atom is -0.00990 e. The molecule has 0 spiro atoms. The van der Waals surface area contributed by atoms with Gasteiger partial charge in [0.15, 0.2) is 0 Å². The van der Waals surface area contributed by atoms with Gasteiger partial charge in [-0.15, -0.1) is 0 Å². The molecule has 0 N–H and O–H groups in total. The predicted molar refractivity (Wildman–Crippen MR) is 90.9 cm³/mol. The van der Waals surface area contributed by atoms with Gasteiger partial charge in [-0.2, -0.15) is 0 Å². The van der Waals surface area contributed by atoms with E-state index in [0.717, 1.165) is 0 Å². The molecule has 0 amide bonds. The molecule has 0 aliphatic carbocycles. The van der Waals surface area contributed by atoms with Gasteiger partial charge >= 0.3 is 0 Å². The van der Waals surface area contributed by atoms with Crippen LogP contribution < -0.4 is 0 Å². The van der Waals surface area contributed by atoms with Gasteiger partial charge < -0.3 is 0 Å². The van der Waals surface area contributed by atoms with E-state index in [1.807, 2.05) is 0 Å². The third kappa shape index (κ3) is 1.94. The maximum atomic E-state index is 2.21. The van der Waals surface area contributed by atoms with Crippen LogP contribution in [0.4, 0.5) is 0 Å². The first-order valence-corrected chi connectivity index (χ1v) is 7.05. The monoisotopic (exact) mass is 258 g/mol. The number of benzene rings is 3. The van der Waals surface area contributed by atoms with Crippen molar-refractivity contribution in [3.63, 3.8) is 0 Å². The van der Waals surface area contributed by atoms with Crippen LogP contribution in [0.15, 0.2) is 60.7 Å². The number of hydrogen-bond donors (Lipinski definition) is 0. The second kappa shape index (κ2) is 5.34. The molecule has 0 unspecified atom stereocenters. The molecule has 0 saturated carbocycles. The minimum Gasteiger partial charge on any atom is -0.0870 e. The lowest BCUT2D eigenvalue weighted by molar-refractivity contribution is 1.67. The van der Waals surface area contributed by atoms with E-state index in [-0.39, 0.29) is 0 Å². The van der Waals surface area contributed by atoms with Crippen LogP contribution in [0.2, 0.25) is 0 Å². The highest BCUT2D eigenvalue weighted by molar-refractivity contribution is 6.14. The van der Waals surface area contributed by atoms with Crippen LogP contribution in [-0.2, 0) is 0 Å². The SMILES string of the molecule is C/C=C\c1c(/C=C\C)c2ccccc2c2ccccc12. The van der Waals surface area contributed by atoms with E-state index in [0.29, 0.717) is 0 Å². The molecular formula is C20H18. The Morgan fingerprint density at radius 1 is 0.550 bits per heavy atom. The molecule has 0 aromatic heterocycles. The lowest BCUT2D eigenvalue weighted by Gasteiger charge is -2.13. The summed E-state index contributed by atoms with van der Waals surface area (Å²) in [4.78, 5) is 0. The zero-order valence-corrected chi connectivity index (χ0v) is 11.9. The Labute approximate surface area is 120 Å². The van der Waals surface area contributed by atoms with Gasteiger partial charge in [0.1, 0.15) is 0 Å². The quantitative estimate of drug-likeness (QED) is 0.490. The summed E-state index contributed by atoms with van der Waals surface area (Å²) in [5, 5.41) is 5.28. The summed E-state index contributed by atoms with van der Waals surface area (Å²) in [6.07, 6.45) is 8.65. The van der Waals surface area contributed by atoms with E-state index in [9.17, 15) is 0 Å². The van der Waals surface area contributed by atoms with Gasteiger partial charge in [0.25, 0.3) is 0 Å². The number of fused-ring (bicyclic) bond motifs is 3. The molecule has 3 aromatic rings. The first kappa shape index (κ1) is 12.7. The van der Waals surface area contributed by atoms with Gasteiger partial charge in [-0.3, -0.25) is 0 Å². The molecular weight excluding hydrogens is 240 g/mol. The van der Waals surface area contributed by atoms with Gasteiger partial charge in [-0.05, 0) is 46.5 Å². The van der Waals surface area contributed by atoms with E-state index in [1.54, 1.807) is 0 Å². The van der Waals surface area contributed by atoms with E-state index in [1.165, 1.54) is 32.7 Å². The fourth-order valence-corrected chi connectivity index (χ4v) is 2.89. The molecule has 0 aliphatic heterocycles. The Bertz CT molecular complexity index is 749. The van der Waals surface area contributed by atoms with Crippen molar-refractivity contribution in [3.05, 3.63) is 71.8 Å². The standard InChI is InChI=1S/C20H18/c1-3-9-15-16(10-4-2)18-12-6-8-14-20(18)19-13-7-5-11-17(15)19/h3-14H,1-2H3/b9-3-,10-4-. The Hall–Kier alpha value is -2.34. The van der Waals surface area contributed by atoms with Crippen LogP contribution >= 0.6 is 0 Å². The molecule has 0 aliphatic rings. The molecule has 0 fully saturated rings. The highest BCUT2D eigenvalue weighted by Gasteiger charge is 2.09. The fraction of sp³-hybridized carbons (Fsp3) is 0.100. The van der Waals surface area contributed by atoms with Crippen molar-refractivity contribution in [2.75, 3.05) is 0 Å². The Balaban J connectivity index is 2.61. The van der Waals surface area contributed by atoms with Crippen LogP contribution in [0.3, 0.4) is 0 Å². The first-order valence-electron chi connectivity index (χ1n) is 7.05. The molecule has 0 nitrogen and oxygen atoms in total. The van der Waals surface area contributed by atoms with Crippen molar-refractivity contribution in [3.8, 4) is 0 Å². The molecule has 0 bridgehead atoms. The van der Waals surface area contributed by atoms with Crippen molar-refractivity contribution in [1.29, 1.82) is 0 Å². The second-order valence-electron chi connectivity index (χ2n) is 4.92. The molecule has 20 heavy (non-hydrogen) atoms. The minimum atomic E-state index is 1.31. The molecule has 0 atom stereocenters. The Morgan fingerprint density at radius 2 is 0.900 bits per heavy atom. The van der Waals surface area contributed by atoms with E-state index in [2.05, 4.69) is 86.7 Å². The van der Waals surface area contributed by atoms with Crippen LogP contribution in [0.25, 0.3) is 33.7 Å². The number of allylic oxidation sites excluding steroid dienone is 2. The third-order valence-corrected chi connectivity index (χ3v) is 3.68. The average molecular weight is 258 g/mol. The second-order valence-corrected chi connectivity index (χ2v) is 4.92. The molecule has 3 rings (SSSR count). The molecule has 0 radical (unpaired) electrons. The predicted octanol–water partition coefficient (Wildman–Crippen LogP) is 6.06. The normalized spacial score (nSPS) is 12.1. The molecule has 98 valence electrons. The van der Waals surface area contributed by atoms with Crippen molar-refractivity contribution >= 4 is 33.7 Å². The topological polar surface area (TPSA) is 0 Å². The van der Waals surface area contributed by atoms with Crippen LogP contribution in [0.5, 0.6) is 0 Å². The lowest BCUT2D eigenvalue weighted by atomic mass is 9.91. The largest absolute Gasteiger partial charge is 0.0870 e. The highest BCUT2D eigenvalue weighted by Crippen LogP contribution is 2.34. The van der Waals surface area contributed by atoms with Crippen molar-refractivity contribution < 1.29 is 0 Å². The lowest BCUT2D eigenvalue weighted by Crippen LogP contribution is -1.88. The van der Waals surface area contributed by atoms with Crippen LogP contribution in [0.1, 0.15) is 25.0 Å². The van der Waals surface area contributed by atoms with E-state index in [4.69, 9.17) is 0 Å². The summed E-state index contributed by atoms with van der Waals surface area (Å²) >= 11 is 0. The van der Waals surface area contributed by atoms with Crippen molar-refractivity contribution in [1.82, 2.24) is 0 Å². The van der Waals surface area contributed by atoms with E-state index >= 15 is 0 Å². The van der Waals surface area contributed by atoms with Crippen LogP contribution in [-0.4, -0.2) is 0 Å². The number of hydrogen-bond acceptors (Lipinski definition) is 0. The molecule has 0 saturated heterocycles. The summed E-state index contributed by atoms with van der Waals surface area (Å²) in [6, 6.07) is 17.3. The highest BCUT2D eigenvalue weighted by atomic mass is 14.1. The molecule has 0 heteroatoms. The third-order valence-electron chi connectivity index (χ3n) is 3.68. The maximum absolute atomic E-state index is 2.21. The van der Waals surface area contributed by atoms with Gasteiger partial charge in [0.05, 0.1) is 0 Å². The molecule has 0 heterocycles. The Kier molecular flexibility index (Phi) is 3.39. The summed E-state index contributed by atoms with van der Waals surface area (Å²) in [5.74, 6) is 0. The average Bonchev–Trinajstić information content (AvgIpc) is 2.51. The summed E-state index contributed by atoms with van der Waals surface area (Å²) in [6.45, 7) is 4.15. The summed E-state index contributed by atoms with van der Waals surface area (Å²) < 4.78 is 0. The van der Waals surface area contributed by atoms with Crippen molar-refractivity contribution in [2.24, 2.45) is 0 Å². The fourth-order valence-electron chi connectivity index (χ4n) is 2.89. The molecule has 3 aromatic carbocycles. The van der Waals surface area contributed by atoms with Crippen LogP contribution in [0, 0.1) is 0 Å². The zero-order chi connectivity index (χ0) is 13.9. The van der Waals surface area contributed by atoms with Gasteiger partial charge in [-0.1, -0.05) is 72.8 Å². The van der Waals surface area contributed by atoms with Gasteiger partial charge in [-0.25, -0.2) is 0 Å². The summed E-state index contributed by atoms with van der Waals surface area (Å²) in [5.41, 5.74) is 2.61. The van der Waals surface area contributed by atoms with Gasteiger partial charge in [0, 0.05) is 0 Å². The zero-order valence-electron chi connectivity index (χ0n) is 11.9.